The second-order valence-electron chi connectivity index (χ2n) is 4.81. The van der Waals surface area contributed by atoms with Gasteiger partial charge in [0, 0.05) is 5.75 Å². The average molecular weight is 231 g/mol. The van der Waals surface area contributed by atoms with Gasteiger partial charge in [-0.05, 0) is 11.8 Å². The number of aliphatic carboxylic acids is 1. The van der Waals surface area contributed by atoms with Crippen LogP contribution >= 0.6 is 11.8 Å². The highest BCUT2D eigenvalue weighted by molar-refractivity contribution is 8.14. The molecule has 4 nitrogen and oxygen atoms in total. The Labute approximate surface area is 93.8 Å². The van der Waals surface area contributed by atoms with Gasteiger partial charge in [-0.25, -0.2) is 0 Å². The fourth-order valence-electron chi connectivity index (χ4n) is 1.54. The maximum Gasteiger partial charge on any atom is 0.321 e. The highest BCUT2D eigenvalue weighted by Crippen LogP contribution is 2.24. The summed E-state index contributed by atoms with van der Waals surface area (Å²) in [5.74, 6) is -0.111. The molecule has 0 aliphatic carbocycles. The molecule has 2 N–H and O–H groups in total. The zero-order valence-electron chi connectivity index (χ0n) is 9.24. The summed E-state index contributed by atoms with van der Waals surface area (Å²) in [7, 11) is 0. The van der Waals surface area contributed by atoms with E-state index in [1.54, 1.807) is 0 Å². The van der Waals surface area contributed by atoms with Crippen LogP contribution in [-0.2, 0) is 9.59 Å². The van der Waals surface area contributed by atoms with E-state index in [2.05, 4.69) is 5.32 Å². The molecule has 1 rings (SSSR count). The van der Waals surface area contributed by atoms with Gasteiger partial charge in [-0.15, -0.1) is 0 Å². The van der Waals surface area contributed by atoms with Crippen molar-refractivity contribution in [2.75, 3.05) is 5.75 Å². The minimum absolute atomic E-state index is 0.0606. The molecule has 1 saturated heterocycles. The van der Waals surface area contributed by atoms with Crippen LogP contribution in [0.1, 0.15) is 27.2 Å². The minimum atomic E-state index is -0.896. The molecular weight excluding hydrogens is 214 g/mol. The monoisotopic (exact) mass is 231 g/mol. The standard InChI is InChI=1S/C10H17NO3S/c1-10(2,3)7(8(12)13)11-6-4-5-15-9(6)14/h6-7,11H,4-5H2,1-3H3,(H,12,13). The maximum atomic E-state index is 11.4. The molecule has 86 valence electrons. The van der Waals surface area contributed by atoms with Crippen molar-refractivity contribution in [3.63, 3.8) is 0 Å². The van der Waals surface area contributed by atoms with Crippen LogP contribution in [0.5, 0.6) is 0 Å². The van der Waals surface area contributed by atoms with Gasteiger partial charge in [-0.2, -0.15) is 0 Å². The number of carbonyl (C=O) groups excluding carboxylic acids is 1. The molecule has 1 aliphatic rings. The number of rotatable bonds is 3. The van der Waals surface area contributed by atoms with Crippen molar-refractivity contribution >= 4 is 22.8 Å². The third-order valence-corrected chi connectivity index (χ3v) is 3.43. The molecule has 0 aromatic rings. The van der Waals surface area contributed by atoms with Gasteiger partial charge >= 0.3 is 5.97 Å². The highest BCUT2D eigenvalue weighted by Gasteiger charge is 2.36. The van der Waals surface area contributed by atoms with Crippen molar-refractivity contribution in [3.8, 4) is 0 Å². The molecule has 15 heavy (non-hydrogen) atoms. The molecule has 1 fully saturated rings. The molecule has 0 aromatic carbocycles. The molecule has 2 unspecified atom stereocenters. The fourth-order valence-corrected chi connectivity index (χ4v) is 2.48. The molecule has 5 heteroatoms. The molecule has 2 atom stereocenters. The summed E-state index contributed by atoms with van der Waals surface area (Å²) in [5.41, 5.74) is -0.390. The lowest BCUT2D eigenvalue weighted by atomic mass is 9.86. The van der Waals surface area contributed by atoms with E-state index in [1.807, 2.05) is 20.8 Å². The van der Waals surface area contributed by atoms with Crippen molar-refractivity contribution < 1.29 is 14.7 Å². The Hall–Kier alpha value is -0.550. The highest BCUT2D eigenvalue weighted by atomic mass is 32.2. The van der Waals surface area contributed by atoms with E-state index in [9.17, 15) is 9.59 Å². The van der Waals surface area contributed by atoms with Crippen LogP contribution in [0.25, 0.3) is 0 Å². The first-order chi connectivity index (χ1) is 6.82. The smallest absolute Gasteiger partial charge is 0.321 e. The molecule has 0 radical (unpaired) electrons. The minimum Gasteiger partial charge on any atom is -0.480 e. The second kappa shape index (κ2) is 4.53. The number of nitrogens with one attached hydrogen (secondary N) is 1. The summed E-state index contributed by atoms with van der Waals surface area (Å²) >= 11 is 1.28. The normalized spacial score (nSPS) is 24.2. The van der Waals surface area contributed by atoms with Gasteiger partial charge in [0.2, 0.25) is 5.12 Å². The third-order valence-electron chi connectivity index (χ3n) is 2.42. The van der Waals surface area contributed by atoms with Crippen molar-refractivity contribution in [2.24, 2.45) is 5.41 Å². The van der Waals surface area contributed by atoms with Gasteiger partial charge in [0.05, 0.1) is 6.04 Å². The Bertz CT molecular complexity index is 272. The zero-order chi connectivity index (χ0) is 11.6. The van der Waals surface area contributed by atoms with E-state index in [-0.39, 0.29) is 16.6 Å². The number of hydrogen-bond donors (Lipinski definition) is 2. The first kappa shape index (κ1) is 12.5. The largest absolute Gasteiger partial charge is 0.480 e. The molecule has 0 amide bonds. The second-order valence-corrected chi connectivity index (χ2v) is 5.91. The topological polar surface area (TPSA) is 66.4 Å². The van der Waals surface area contributed by atoms with Crippen LogP contribution in [0.4, 0.5) is 0 Å². The van der Waals surface area contributed by atoms with Crippen molar-refractivity contribution in [2.45, 2.75) is 39.3 Å². The van der Waals surface area contributed by atoms with E-state index in [0.717, 1.165) is 12.2 Å². The van der Waals surface area contributed by atoms with Gasteiger partial charge < -0.3 is 5.11 Å². The molecule has 0 spiro atoms. The Morgan fingerprint density at radius 2 is 2.20 bits per heavy atom. The third kappa shape index (κ3) is 3.21. The molecule has 1 aliphatic heterocycles. The Morgan fingerprint density at radius 1 is 1.60 bits per heavy atom. The Balaban J connectivity index is 2.67. The summed E-state index contributed by atoms with van der Waals surface area (Å²) in [6.45, 7) is 5.56. The van der Waals surface area contributed by atoms with E-state index in [0.29, 0.717) is 0 Å². The van der Waals surface area contributed by atoms with Gasteiger partial charge in [0.25, 0.3) is 0 Å². The lowest BCUT2D eigenvalue weighted by molar-refractivity contribution is -0.142. The summed E-state index contributed by atoms with van der Waals surface area (Å²) in [6, 6.07) is -0.972. The quantitative estimate of drug-likeness (QED) is 0.761. The van der Waals surface area contributed by atoms with E-state index in [4.69, 9.17) is 5.11 Å². The summed E-state index contributed by atoms with van der Waals surface area (Å²) in [6.07, 6.45) is 0.726. The first-order valence-corrected chi connectivity index (χ1v) is 5.96. The van der Waals surface area contributed by atoms with Crippen molar-refractivity contribution in [1.29, 1.82) is 0 Å². The Kier molecular flexibility index (Phi) is 3.78. The first-order valence-electron chi connectivity index (χ1n) is 4.98. The van der Waals surface area contributed by atoms with Gasteiger partial charge in [0.15, 0.2) is 0 Å². The summed E-state index contributed by atoms with van der Waals surface area (Å²) < 4.78 is 0. The number of carbonyl (C=O) groups is 2. The molecule has 1 heterocycles. The van der Waals surface area contributed by atoms with Gasteiger partial charge in [-0.3, -0.25) is 14.9 Å². The lowest BCUT2D eigenvalue weighted by Crippen LogP contribution is -2.51. The Morgan fingerprint density at radius 3 is 2.53 bits per heavy atom. The van der Waals surface area contributed by atoms with Crippen molar-refractivity contribution in [1.82, 2.24) is 5.32 Å². The van der Waals surface area contributed by atoms with Crippen LogP contribution in [0.3, 0.4) is 0 Å². The number of thioether (sulfide) groups is 1. The van der Waals surface area contributed by atoms with Crippen LogP contribution in [0, 0.1) is 5.41 Å². The van der Waals surface area contributed by atoms with Crippen molar-refractivity contribution in [3.05, 3.63) is 0 Å². The van der Waals surface area contributed by atoms with E-state index < -0.39 is 12.0 Å². The zero-order valence-corrected chi connectivity index (χ0v) is 10.1. The molecule has 0 saturated carbocycles. The SMILES string of the molecule is CC(C)(C)C(NC1CCSC1=O)C(=O)O. The number of carboxylic acid groups (broad SMARTS) is 1. The number of carboxylic acids is 1. The summed E-state index contributed by atoms with van der Waals surface area (Å²) in [4.78, 5) is 22.4. The predicted molar refractivity (Wildman–Crippen MR) is 59.9 cm³/mol. The van der Waals surface area contributed by atoms with E-state index >= 15 is 0 Å². The predicted octanol–water partition coefficient (Wildman–Crippen LogP) is 1.11. The van der Waals surface area contributed by atoms with Crippen LogP contribution in [0.15, 0.2) is 0 Å². The van der Waals surface area contributed by atoms with Crippen LogP contribution in [-0.4, -0.2) is 34.0 Å². The maximum absolute atomic E-state index is 11.4. The molecule has 0 aromatic heterocycles. The van der Waals surface area contributed by atoms with E-state index in [1.165, 1.54) is 11.8 Å². The molecule has 0 bridgehead atoms. The lowest BCUT2D eigenvalue weighted by Gasteiger charge is -2.29. The van der Waals surface area contributed by atoms with Crippen LogP contribution in [0.2, 0.25) is 0 Å². The fraction of sp³-hybridized carbons (Fsp3) is 0.800. The van der Waals surface area contributed by atoms with Gasteiger partial charge in [-0.1, -0.05) is 32.5 Å². The number of hydrogen-bond acceptors (Lipinski definition) is 4. The van der Waals surface area contributed by atoms with Crippen LogP contribution < -0.4 is 5.32 Å². The summed E-state index contributed by atoms with van der Waals surface area (Å²) in [5, 5.41) is 12.1. The average Bonchev–Trinajstić information content (AvgIpc) is 2.44. The van der Waals surface area contributed by atoms with Gasteiger partial charge in [0.1, 0.15) is 6.04 Å². The molecular formula is C10H17NO3S.